The number of benzene rings is 3. The number of rotatable bonds is 5. The second-order valence-electron chi connectivity index (χ2n) is 7.72. The van der Waals surface area contributed by atoms with Crippen molar-refractivity contribution >= 4 is 63.7 Å². The molecule has 1 aliphatic rings. The third-order valence-corrected chi connectivity index (χ3v) is 6.52. The van der Waals surface area contributed by atoms with Gasteiger partial charge in [0, 0.05) is 32.6 Å². The molecule has 13 heteroatoms. The summed E-state index contributed by atoms with van der Waals surface area (Å²) in [6.45, 7) is -0.0610. The highest BCUT2D eigenvalue weighted by molar-refractivity contribution is 7.07. The van der Waals surface area contributed by atoms with Crippen LogP contribution in [0.4, 0.5) is 17.1 Å². The predicted octanol–water partition coefficient (Wildman–Crippen LogP) is 5.58. The number of aromatic hydroxyl groups is 1. The number of anilines is 1. The zero-order valence-corrected chi connectivity index (χ0v) is 20.9. The molecule has 0 saturated heterocycles. The van der Waals surface area contributed by atoms with Crippen molar-refractivity contribution in [1.29, 1.82) is 0 Å². The quantitative estimate of drug-likeness (QED) is 0.188. The molecule has 0 unspecified atom stereocenters. The van der Waals surface area contributed by atoms with Gasteiger partial charge in [0.25, 0.3) is 5.91 Å². The first-order valence-electron chi connectivity index (χ1n) is 10.6. The van der Waals surface area contributed by atoms with E-state index in [1.165, 1.54) is 28.3 Å². The Bertz CT molecular complexity index is 1650. The molecule has 4 aromatic rings. The number of phenolic OH excluding ortho intramolecular Hbond substituents is 1. The van der Waals surface area contributed by atoms with Crippen LogP contribution in [-0.2, 0) is 4.79 Å². The number of fused-ring (bicyclic) bond motifs is 1. The van der Waals surface area contributed by atoms with Gasteiger partial charge in [-0.3, -0.25) is 14.9 Å². The first-order chi connectivity index (χ1) is 17.8. The molecule has 0 fully saturated rings. The fraction of sp³-hybridized carbons (Fsp3) is 0.0417. The fourth-order valence-corrected chi connectivity index (χ4v) is 4.72. The number of thiazole rings is 1. The SMILES string of the molecule is O=C1COc2ccc(-c3csc(=Nc4ccc(Cl)cc4)n3N=Cc3cc(Cl)cc([N+](=O)[O-])c3O)cc2N1. The van der Waals surface area contributed by atoms with Crippen molar-refractivity contribution < 1.29 is 19.6 Å². The Labute approximate surface area is 222 Å². The summed E-state index contributed by atoms with van der Waals surface area (Å²) in [7, 11) is 0. The van der Waals surface area contributed by atoms with Crippen LogP contribution >= 0.6 is 34.5 Å². The van der Waals surface area contributed by atoms with Crippen molar-refractivity contribution in [3.63, 3.8) is 0 Å². The molecule has 5 rings (SSSR count). The minimum absolute atomic E-state index is 0.0485. The first-order valence-corrected chi connectivity index (χ1v) is 12.2. The maximum absolute atomic E-state index is 11.8. The normalized spacial score (nSPS) is 13.4. The van der Waals surface area contributed by atoms with E-state index < -0.39 is 16.4 Å². The number of hydrogen-bond acceptors (Lipinski definition) is 8. The molecule has 0 spiro atoms. The minimum Gasteiger partial charge on any atom is -0.502 e. The third kappa shape index (κ3) is 5.19. The van der Waals surface area contributed by atoms with Crippen LogP contribution in [0.1, 0.15) is 5.56 Å². The van der Waals surface area contributed by atoms with E-state index in [2.05, 4.69) is 15.4 Å². The van der Waals surface area contributed by atoms with E-state index >= 15 is 0 Å². The minimum atomic E-state index is -0.730. The molecule has 0 aliphatic carbocycles. The van der Waals surface area contributed by atoms with E-state index in [0.717, 1.165) is 6.07 Å². The Morgan fingerprint density at radius 3 is 2.68 bits per heavy atom. The lowest BCUT2D eigenvalue weighted by Crippen LogP contribution is -2.25. The lowest BCUT2D eigenvalue weighted by atomic mass is 10.1. The number of nitrogens with zero attached hydrogens (tertiary/aromatic N) is 4. The zero-order chi connectivity index (χ0) is 26.1. The van der Waals surface area contributed by atoms with Crippen LogP contribution < -0.4 is 14.9 Å². The second kappa shape index (κ2) is 10.1. The molecule has 2 heterocycles. The highest BCUT2D eigenvalue weighted by Crippen LogP contribution is 2.34. The molecule has 0 bridgehead atoms. The van der Waals surface area contributed by atoms with Gasteiger partial charge in [-0.15, -0.1) is 11.3 Å². The van der Waals surface area contributed by atoms with Gasteiger partial charge in [0.15, 0.2) is 6.61 Å². The van der Waals surface area contributed by atoms with E-state index in [9.17, 15) is 20.0 Å². The molecule has 1 aromatic heterocycles. The van der Waals surface area contributed by atoms with Gasteiger partial charge in [0.2, 0.25) is 10.6 Å². The maximum atomic E-state index is 11.8. The lowest BCUT2D eigenvalue weighted by Gasteiger charge is -2.18. The van der Waals surface area contributed by atoms with Crippen LogP contribution in [0.15, 0.2) is 70.1 Å². The first kappa shape index (κ1) is 24.5. The summed E-state index contributed by atoms with van der Waals surface area (Å²) in [5.74, 6) is -0.298. The molecule has 0 atom stereocenters. The van der Waals surface area contributed by atoms with Gasteiger partial charge in [-0.05, 0) is 48.5 Å². The Balaban J connectivity index is 1.65. The molecular formula is C24H15Cl2N5O5S. The highest BCUT2D eigenvalue weighted by Gasteiger charge is 2.19. The van der Waals surface area contributed by atoms with Crippen LogP contribution in [-0.4, -0.2) is 33.4 Å². The summed E-state index contributed by atoms with van der Waals surface area (Å²) in [5.41, 5.74) is 1.93. The van der Waals surface area contributed by atoms with E-state index in [0.29, 0.717) is 38.2 Å². The number of amides is 1. The van der Waals surface area contributed by atoms with Crippen molar-refractivity contribution in [2.75, 3.05) is 11.9 Å². The van der Waals surface area contributed by atoms with Crippen molar-refractivity contribution in [2.24, 2.45) is 10.1 Å². The zero-order valence-electron chi connectivity index (χ0n) is 18.6. The Kier molecular flexibility index (Phi) is 6.66. The molecule has 2 N–H and O–H groups in total. The van der Waals surface area contributed by atoms with E-state index in [-0.39, 0.29) is 23.1 Å². The number of nitro groups is 1. The standard InChI is InChI=1S/C24H15Cl2N5O5S/c25-15-2-4-17(5-3-15)28-24-30(27-10-14-7-16(26)9-19(23(14)33)31(34)35)20(12-37-24)13-1-6-21-18(8-13)29-22(32)11-36-21/h1-10,12,33H,11H2,(H,29,32). The van der Waals surface area contributed by atoms with Gasteiger partial charge in [-0.1, -0.05) is 23.2 Å². The van der Waals surface area contributed by atoms with Gasteiger partial charge in [0.05, 0.1) is 28.2 Å². The van der Waals surface area contributed by atoms with Crippen LogP contribution in [0, 0.1) is 10.1 Å². The number of ether oxygens (including phenoxy) is 1. The van der Waals surface area contributed by atoms with Crippen molar-refractivity contribution in [2.45, 2.75) is 0 Å². The summed E-state index contributed by atoms with van der Waals surface area (Å²) in [6, 6.07) is 14.6. The molecule has 0 saturated carbocycles. The molecule has 3 aromatic carbocycles. The topological polar surface area (TPSA) is 131 Å². The number of nitro benzene ring substituents is 1. The lowest BCUT2D eigenvalue weighted by molar-refractivity contribution is -0.385. The van der Waals surface area contributed by atoms with Gasteiger partial charge >= 0.3 is 5.69 Å². The largest absolute Gasteiger partial charge is 0.502 e. The number of carbonyl (C=O) groups excluding carboxylic acids is 1. The number of nitrogens with one attached hydrogen (secondary N) is 1. The summed E-state index contributed by atoms with van der Waals surface area (Å²) < 4.78 is 6.95. The van der Waals surface area contributed by atoms with Gasteiger partial charge in [-0.25, -0.2) is 9.67 Å². The number of halogens is 2. The summed E-state index contributed by atoms with van der Waals surface area (Å²) in [6.07, 6.45) is 1.26. The molecule has 10 nitrogen and oxygen atoms in total. The third-order valence-electron chi connectivity index (χ3n) is 5.24. The van der Waals surface area contributed by atoms with Crippen LogP contribution in [0.3, 0.4) is 0 Å². The van der Waals surface area contributed by atoms with Crippen LogP contribution in [0.5, 0.6) is 11.5 Å². The van der Waals surface area contributed by atoms with E-state index in [1.807, 2.05) is 5.38 Å². The smallest absolute Gasteiger partial charge is 0.312 e. The maximum Gasteiger partial charge on any atom is 0.312 e. The van der Waals surface area contributed by atoms with Gasteiger partial charge in [-0.2, -0.15) is 5.10 Å². The molecule has 0 radical (unpaired) electrons. The monoisotopic (exact) mass is 555 g/mol. The Morgan fingerprint density at radius 1 is 1.14 bits per heavy atom. The van der Waals surface area contributed by atoms with Gasteiger partial charge < -0.3 is 15.2 Å². The molecule has 1 amide bonds. The van der Waals surface area contributed by atoms with E-state index in [4.69, 9.17) is 27.9 Å². The second-order valence-corrected chi connectivity index (χ2v) is 9.43. The average Bonchev–Trinajstić information content (AvgIpc) is 3.27. The Morgan fingerprint density at radius 2 is 1.92 bits per heavy atom. The van der Waals surface area contributed by atoms with Gasteiger partial charge in [0.1, 0.15) is 5.75 Å². The summed E-state index contributed by atoms with van der Waals surface area (Å²) >= 11 is 13.3. The summed E-state index contributed by atoms with van der Waals surface area (Å²) in [5, 5.41) is 31.4. The number of aromatic nitrogens is 1. The average molecular weight is 556 g/mol. The molecule has 37 heavy (non-hydrogen) atoms. The predicted molar refractivity (Wildman–Crippen MR) is 141 cm³/mol. The van der Waals surface area contributed by atoms with Crippen molar-refractivity contribution in [3.8, 4) is 22.8 Å². The number of phenols is 1. The van der Waals surface area contributed by atoms with Crippen LogP contribution in [0.2, 0.25) is 10.0 Å². The summed E-state index contributed by atoms with van der Waals surface area (Å²) in [4.78, 5) is 27.5. The fourth-order valence-electron chi connectivity index (χ4n) is 3.52. The molecular weight excluding hydrogens is 541 g/mol. The highest BCUT2D eigenvalue weighted by atomic mass is 35.5. The van der Waals surface area contributed by atoms with Crippen molar-refractivity contribution in [1.82, 2.24) is 4.68 Å². The van der Waals surface area contributed by atoms with Crippen LogP contribution in [0.25, 0.3) is 11.3 Å². The van der Waals surface area contributed by atoms with Crippen molar-refractivity contribution in [3.05, 3.63) is 90.5 Å². The van der Waals surface area contributed by atoms with E-state index in [1.54, 1.807) is 42.5 Å². The Hall–Kier alpha value is -4.19. The number of hydrogen-bond donors (Lipinski definition) is 2. The number of carbonyl (C=O) groups is 1. The molecule has 186 valence electrons. The molecule has 1 aliphatic heterocycles.